The predicted octanol–water partition coefficient (Wildman–Crippen LogP) is 5.29. The Morgan fingerprint density at radius 1 is 0.760 bits per heavy atom. The molecule has 0 N–H and O–H groups in total. The summed E-state index contributed by atoms with van der Waals surface area (Å²) in [6.07, 6.45) is 0. The molecule has 0 saturated heterocycles. The van der Waals surface area contributed by atoms with Crippen molar-refractivity contribution < 1.29 is 19.0 Å². The van der Waals surface area contributed by atoms with E-state index in [4.69, 9.17) is 14.2 Å². The van der Waals surface area contributed by atoms with E-state index in [9.17, 15) is 4.79 Å². The molecule has 4 nitrogen and oxygen atoms in total. The normalized spacial score (nSPS) is 11.8. The molecule has 0 atom stereocenters. The lowest BCUT2D eigenvalue weighted by Gasteiger charge is -2.29. The van der Waals surface area contributed by atoms with Crippen LogP contribution in [0.5, 0.6) is 17.2 Å². The van der Waals surface area contributed by atoms with Crippen LogP contribution in [0.15, 0.2) is 48.5 Å². The van der Waals surface area contributed by atoms with Gasteiger partial charge in [-0.15, -0.1) is 0 Å². The Hall–Kier alpha value is -2.49. The van der Waals surface area contributed by atoms with Crippen LogP contribution in [0.1, 0.15) is 40.2 Å². The summed E-state index contributed by atoms with van der Waals surface area (Å²) in [4.78, 5) is 12.2. The number of carbonyl (C=O) groups is 1. The smallest absolute Gasteiger partial charge is 0.350 e. The molecule has 0 aromatic heterocycles. The van der Waals surface area contributed by atoms with Crippen LogP contribution in [0.2, 0.25) is 0 Å². The third-order valence-electron chi connectivity index (χ3n) is 3.34. The van der Waals surface area contributed by atoms with Gasteiger partial charge in [0.2, 0.25) is 0 Å². The molecule has 0 saturated carbocycles. The van der Waals surface area contributed by atoms with Gasteiger partial charge in [-0.3, -0.25) is 0 Å². The molecule has 2 aromatic carbocycles. The number of carbonyl (C=O) groups excluding carboxylic acids is 1. The Morgan fingerprint density at radius 2 is 1.20 bits per heavy atom. The van der Waals surface area contributed by atoms with E-state index in [1.54, 1.807) is 38.1 Å². The van der Waals surface area contributed by atoms with Crippen molar-refractivity contribution in [1.29, 1.82) is 0 Å². The average Bonchev–Trinajstić information content (AvgIpc) is 2.49. The SMILES string of the molecule is Cc1ccc(Oc2ccc(OC(C)(C)C(=O)OC(C)(C)C)cc2)cc1. The summed E-state index contributed by atoms with van der Waals surface area (Å²) in [6, 6.07) is 15.0. The Balaban J connectivity index is 2.01. The molecular formula is C21H26O4. The number of hydrogen-bond donors (Lipinski definition) is 0. The molecule has 134 valence electrons. The van der Waals surface area contributed by atoms with E-state index < -0.39 is 17.2 Å². The van der Waals surface area contributed by atoms with Crippen molar-refractivity contribution in [3.63, 3.8) is 0 Å². The molecule has 4 heteroatoms. The lowest BCUT2D eigenvalue weighted by atomic mass is 10.1. The summed E-state index contributed by atoms with van der Waals surface area (Å²) in [5.41, 5.74) is -0.448. The van der Waals surface area contributed by atoms with Gasteiger partial charge in [-0.1, -0.05) is 17.7 Å². The first-order valence-electron chi connectivity index (χ1n) is 8.32. The van der Waals surface area contributed by atoms with Crippen molar-refractivity contribution in [3.05, 3.63) is 54.1 Å². The minimum absolute atomic E-state index is 0.403. The van der Waals surface area contributed by atoms with Crippen molar-refractivity contribution >= 4 is 5.97 Å². The quantitative estimate of drug-likeness (QED) is 0.693. The maximum absolute atomic E-state index is 12.2. The van der Waals surface area contributed by atoms with Gasteiger partial charge in [0.1, 0.15) is 22.8 Å². The molecule has 25 heavy (non-hydrogen) atoms. The van der Waals surface area contributed by atoms with Crippen molar-refractivity contribution in [1.82, 2.24) is 0 Å². The maximum Gasteiger partial charge on any atom is 0.350 e. The second-order valence-electron chi connectivity index (χ2n) is 7.50. The number of esters is 1. The zero-order chi connectivity index (χ0) is 18.7. The van der Waals surface area contributed by atoms with E-state index in [0.717, 1.165) is 5.75 Å². The monoisotopic (exact) mass is 342 g/mol. The fraction of sp³-hybridized carbons (Fsp3) is 0.381. The van der Waals surface area contributed by atoms with E-state index in [1.165, 1.54) is 5.56 Å². The van der Waals surface area contributed by atoms with Crippen LogP contribution >= 0.6 is 0 Å². The molecule has 0 aliphatic heterocycles. The van der Waals surface area contributed by atoms with Crippen LogP contribution in [0.25, 0.3) is 0 Å². The molecule has 2 aromatic rings. The number of benzene rings is 2. The third kappa shape index (κ3) is 5.82. The Morgan fingerprint density at radius 3 is 1.68 bits per heavy atom. The van der Waals surface area contributed by atoms with Crippen LogP contribution in [0.4, 0.5) is 0 Å². The lowest BCUT2D eigenvalue weighted by Crippen LogP contribution is -2.43. The molecule has 0 heterocycles. The van der Waals surface area contributed by atoms with Crippen molar-refractivity contribution in [2.45, 2.75) is 52.7 Å². The number of ether oxygens (including phenoxy) is 3. The highest BCUT2D eigenvalue weighted by Gasteiger charge is 2.34. The molecule has 0 bridgehead atoms. The zero-order valence-electron chi connectivity index (χ0n) is 15.8. The molecule has 0 fully saturated rings. The maximum atomic E-state index is 12.2. The Bertz CT molecular complexity index is 707. The van der Waals surface area contributed by atoms with E-state index in [1.807, 2.05) is 52.0 Å². The van der Waals surface area contributed by atoms with Gasteiger partial charge in [0.25, 0.3) is 0 Å². The van der Waals surface area contributed by atoms with Gasteiger partial charge in [0.05, 0.1) is 0 Å². The summed E-state index contributed by atoms with van der Waals surface area (Å²) >= 11 is 0. The number of aryl methyl sites for hydroxylation is 1. The summed E-state index contributed by atoms with van der Waals surface area (Å²) < 4.78 is 17.0. The summed E-state index contributed by atoms with van der Waals surface area (Å²) in [6.45, 7) is 10.9. The van der Waals surface area contributed by atoms with Crippen LogP contribution in [0, 0.1) is 6.92 Å². The highest BCUT2D eigenvalue weighted by atomic mass is 16.6. The fourth-order valence-corrected chi connectivity index (χ4v) is 2.06. The van der Waals surface area contributed by atoms with Gasteiger partial charge >= 0.3 is 5.97 Å². The second-order valence-corrected chi connectivity index (χ2v) is 7.50. The highest BCUT2D eigenvalue weighted by Crippen LogP contribution is 2.27. The first-order valence-corrected chi connectivity index (χ1v) is 8.32. The first-order chi connectivity index (χ1) is 11.5. The van der Waals surface area contributed by atoms with Gasteiger partial charge in [-0.25, -0.2) is 4.79 Å². The molecule has 0 aliphatic rings. The molecule has 0 spiro atoms. The van der Waals surface area contributed by atoms with Crippen molar-refractivity contribution in [2.24, 2.45) is 0 Å². The van der Waals surface area contributed by atoms with Crippen molar-refractivity contribution in [3.8, 4) is 17.2 Å². The van der Waals surface area contributed by atoms with Crippen LogP contribution in [-0.2, 0) is 9.53 Å². The summed E-state index contributed by atoms with van der Waals surface area (Å²) in [5.74, 6) is 1.65. The second kappa shape index (κ2) is 7.18. The van der Waals surface area contributed by atoms with Gasteiger partial charge in [0, 0.05) is 0 Å². The first kappa shape index (κ1) is 18.8. The Kier molecular flexibility index (Phi) is 5.41. The largest absolute Gasteiger partial charge is 0.476 e. The summed E-state index contributed by atoms with van der Waals surface area (Å²) in [7, 11) is 0. The topological polar surface area (TPSA) is 44.8 Å². The van der Waals surface area contributed by atoms with Crippen LogP contribution in [0.3, 0.4) is 0 Å². The van der Waals surface area contributed by atoms with Crippen LogP contribution in [-0.4, -0.2) is 17.2 Å². The molecule has 0 aliphatic carbocycles. The van der Waals surface area contributed by atoms with Gasteiger partial charge in [0.15, 0.2) is 5.60 Å². The van der Waals surface area contributed by atoms with Crippen molar-refractivity contribution in [2.75, 3.05) is 0 Å². The molecule has 0 unspecified atom stereocenters. The lowest BCUT2D eigenvalue weighted by molar-refractivity contribution is -0.170. The van der Waals surface area contributed by atoms with E-state index in [2.05, 4.69) is 0 Å². The standard InChI is InChI=1S/C21H26O4/c1-15-7-9-16(10-8-15)23-17-11-13-18(14-12-17)24-21(5,6)19(22)25-20(2,3)4/h7-14H,1-6H3. The van der Waals surface area contributed by atoms with E-state index in [-0.39, 0.29) is 0 Å². The molecule has 2 rings (SSSR count). The summed E-state index contributed by atoms with van der Waals surface area (Å²) in [5, 5.41) is 0. The highest BCUT2D eigenvalue weighted by molar-refractivity contribution is 5.79. The minimum atomic E-state index is -1.08. The Labute approximate surface area is 149 Å². The zero-order valence-corrected chi connectivity index (χ0v) is 15.8. The molecule has 0 radical (unpaired) electrons. The van der Waals surface area contributed by atoms with Gasteiger partial charge in [-0.05, 0) is 77.9 Å². The number of hydrogen-bond acceptors (Lipinski definition) is 4. The predicted molar refractivity (Wildman–Crippen MR) is 98.2 cm³/mol. The third-order valence-corrected chi connectivity index (χ3v) is 3.34. The minimum Gasteiger partial charge on any atom is -0.476 e. The molecular weight excluding hydrogens is 316 g/mol. The van der Waals surface area contributed by atoms with Crippen LogP contribution < -0.4 is 9.47 Å². The van der Waals surface area contributed by atoms with E-state index in [0.29, 0.717) is 11.5 Å². The fourth-order valence-electron chi connectivity index (χ4n) is 2.06. The van der Waals surface area contributed by atoms with E-state index >= 15 is 0 Å². The van der Waals surface area contributed by atoms with Gasteiger partial charge in [-0.2, -0.15) is 0 Å². The molecule has 0 amide bonds. The number of rotatable bonds is 5. The van der Waals surface area contributed by atoms with Gasteiger partial charge < -0.3 is 14.2 Å². The average molecular weight is 342 g/mol.